The van der Waals surface area contributed by atoms with Crippen molar-refractivity contribution in [2.75, 3.05) is 26.4 Å². The summed E-state index contributed by atoms with van der Waals surface area (Å²) in [6, 6.07) is 12.6. The molecule has 0 aliphatic heterocycles. The minimum Gasteiger partial charge on any atom is -0.398 e. The lowest BCUT2D eigenvalue weighted by molar-refractivity contribution is 0.400. The maximum Gasteiger partial charge on any atom is 0.0426 e. The number of rotatable bonds is 4. The third kappa shape index (κ3) is 2.77. The lowest BCUT2D eigenvalue weighted by Gasteiger charge is -2.11. The first-order chi connectivity index (χ1) is 8.18. The monoisotopic (exact) mass is 228 g/mol. The molecule has 0 atom stereocenters. The van der Waals surface area contributed by atoms with Gasteiger partial charge in [0.1, 0.15) is 0 Å². The normalized spacial score (nSPS) is 11.2. The van der Waals surface area contributed by atoms with Crippen LogP contribution in [0.25, 0.3) is 10.8 Å². The summed E-state index contributed by atoms with van der Waals surface area (Å²) in [5.41, 5.74) is 8.44. The summed E-state index contributed by atoms with van der Waals surface area (Å²) < 4.78 is 0. The quantitative estimate of drug-likeness (QED) is 0.815. The van der Waals surface area contributed by atoms with E-state index in [1.54, 1.807) is 0 Å². The van der Waals surface area contributed by atoms with E-state index in [1.807, 2.05) is 12.1 Å². The maximum absolute atomic E-state index is 6.22. The highest BCUT2D eigenvalue weighted by atomic mass is 15.0. The number of hydrogen-bond acceptors (Lipinski definition) is 2. The van der Waals surface area contributed by atoms with Gasteiger partial charge in [0.15, 0.2) is 0 Å². The van der Waals surface area contributed by atoms with Crippen molar-refractivity contribution in [2.24, 2.45) is 0 Å². The van der Waals surface area contributed by atoms with Crippen LogP contribution in [0.4, 0.5) is 5.69 Å². The fraction of sp³-hybridized carbons (Fsp3) is 0.333. The van der Waals surface area contributed by atoms with E-state index in [1.165, 1.54) is 16.3 Å². The molecule has 0 aromatic heterocycles. The Balaban J connectivity index is 2.21. The molecule has 0 heterocycles. The second-order valence-corrected chi connectivity index (χ2v) is 4.77. The lowest BCUT2D eigenvalue weighted by Crippen LogP contribution is -2.13. The molecule has 0 unspecified atom stereocenters. The molecule has 0 saturated heterocycles. The van der Waals surface area contributed by atoms with Crippen molar-refractivity contribution in [2.45, 2.75) is 12.8 Å². The summed E-state index contributed by atoms with van der Waals surface area (Å²) in [5, 5.41) is 2.40. The van der Waals surface area contributed by atoms with Crippen molar-refractivity contribution in [3.63, 3.8) is 0 Å². The van der Waals surface area contributed by atoms with E-state index in [9.17, 15) is 0 Å². The van der Waals surface area contributed by atoms with Crippen LogP contribution in [0, 0.1) is 0 Å². The molecule has 17 heavy (non-hydrogen) atoms. The molecular formula is C15H20N2. The van der Waals surface area contributed by atoms with E-state index in [0.29, 0.717) is 0 Å². The molecule has 2 aromatic rings. The standard InChI is InChI=1S/C15H20N2/c1-17(2)11-5-7-13-10-9-12-6-3-4-8-14(12)15(13)16/h3-4,6,8-10H,5,7,11,16H2,1-2H3. The zero-order valence-electron chi connectivity index (χ0n) is 10.6. The summed E-state index contributed by atoms with van der Waals surface area (Å²) in [6.07, 6.45) is 2.20. The van der Waals surface area contributed by atoms with Crippen LogP contribution in [0.15, 0.2) is 36.4 Å². The minimum absolute atomic E-state index is 0.946. The zero-order valence-corrected chi connectivity index (χ0v) is 10.6. The van der Waals surface area contributed by atoms with Gasteiger partial charge in [-0.2, -0.15) is 0 Å². The van der Waals surface area contributed by atoms with Crippen molar-refractivity contribution < 1.29 is 0 Å². The molecule has 2 heteroatoms. The van der Waals surface area contributed by atoms with Crippen LogP contribution in [0.3, 0.4) is 0 Å². The van der Waals surface area contributed by atoms with E-state index in [4.69, 9.17) is 5.73 Å². The van der Waals surface area contributed by atoms with Gasteiger partial charge in [-0.1, -0.05) is 36.4 Å². The summed E-state index contributed by atoms with van der Waals surface area (Å²) in [6.45, 7) is 1.10. The Hall–Kier alpha value is -1.54. The van der Waals surface area contributed by atoms with Crippen molar-refractivity contribution in [1.82, 2.24) is 4.90 Å². The number of hydrogen-bond donors (Lipinski definition) is 1. The predicted molar refractivity (Wildman–Crippen MR) is 75.2 cm³/mol. The smallest absolute Gasteiger partial charge is 0.0426 e. The first kappa shape index (κ1) is 11.9. The van der Waals surface area contributed by atoms with Crippen molar-refractivity contribution in [3.8, 4) is 0 Å². The summed E-state index contributed by atoms with van der Waals surface area (Å²) in [7, 11) is 4.20. The predicted octanol–water partition coefficient (Wildman–Crippen LogP) is 2.92. The molecular weight excluding hydrogens is 208 g/mol. The molecule has 90 valence electrons. The zero-order chi connectivity index (χ0) is 12.3. The molecule has 2 rings (SSSR count). The van der Waals surface area contributed by atoms with Crippen molar-refractivity contribution in [3.05, 3.63) is 42.0 Å². The minimum atomic E-state index is 0.946. The van der Waals surface area contributed by atoms with Gasteiger partial charge in [-0.05, 0) is 44.4 Å². The topological polar surface area (TPSA) is 29.3 Å². The van der Waals surface area contributed by atoms with Crippen LogP contribution in [-0.4, -0.2) is 25.5 Å². The molecule has 0 aliphatic rings. The summed E-state index contributed by atoms with van der Waals surface area (Å²) in [4.78, 5) is 2.21. The molecule has 0 bridgehead atoms. The highest BCUT2D eigenvalue weighted by Crippen LogP contribution is 2.25. The van der Waals surface area contributed by atoms with Crippen molar-refractivity contribution >= 4 is 16.5 Å². The molecule has 0 spiro atoms. The number of aryl methyl sites for hydroxylation is 1. The third-order valence-corrected chi connectivity index (χ3v) is 3.11. The highest BCUT2D eigenvalue weighted by Gasteiger charge is 2.03. The Labute approximate surface area is 103 Å². The molecule has 0 amide bonds. The highest BCUT2D eigenvalue weighted by molar-refractivity contribution is 5.94. The molecule has 0 aliphatic carbocycles. The Morgan fingerprint density at radius 3 is 2.59 bits per heavy atom. The summed E-state index contributed by atoms with van der Waals surface area (Å²) >= 11 is 0. The van der Waals surface area contributed by atoms with Crippen LogP contribution >= 0.6 is 0 Å². The molecule has 0 radical (unpaired) electrons. The second-order valence-electron chi connectivity index (χ2n) is 4.77. The molecule has 2 nitrogen and oxygen atoms in total. The van der Waals surface area contributed by atoms with Gasteiger partial charge < -0.3 is 10.6 Å². The van der Waals surface area contributed by atoms with Gasteiger partial charge in [-0.15, -0.1) is 0 Å². The van der Waals surface area contributed by atoms with E-state index < -0.39 is 0 Å². The average molecular weight is 228 g/mol. The summed E-state index contributed by atoms with van der Waals surface area (Å²) in [5.74, 6) is 0. The lowest BCUT2D eigenvalue weighted by atomic mass is 10.0. The van der Waals surface area contributed by atoms with Crippen LogP contribution in [0.1, 0.15) is 12.0 Å². The average Bonchev–Trinajstić information content (AvgIpc) is 2.32. The Kier molecular flexibility index (Phi) is 3.64. The van der Waals surface area contributed by atoms with Crippen LogP contribution < -0.4 is 5.73 Å². The SMILES string of the molecule is CN(C)CCCc1ccc2ccccc2c1N. The Bertz CT molecular complexity index is 503. The molecule has 0 fully saturated rings. The fourth-order valence-corrected chi connectivity index (χ4v) is 2.14. The Morgan fingerprint density at radius 1 is 1.06 bits per heavy atom. The first-order valence-electron chi connectivity index (χ1n) is 6.09. The molecule has 2 aromatic carbocycles. The van der Waals surface area contributed by atoms with Gasteiger partial charge in [0, 0.05) is 11.1 Å². The number of anilines is 1. The van der Waals surface area contributed by atoms with Gasteiger partial charge >= 0.3 is 0 Å². The van der Waals surface area contributed by atoms with Gasteiger partial charge in [0.25, 0.3) is 0 Å². The van der Waals surface area contributed by atoms with E-state index in [0.717, 1.165) is 25.1 Å². The molecule has 0 saturated carbocycles. The van der Waals surface area contributed by atoms with Gasteiger partial charge in [0.05, 0.1) is 0 Å². The number of nitrogen functional groups attached to an aromatic ring is 1. The van der Waals surface area contributed by atoms with Crippen molar-refractivity contribution in [1.29, 1.82) is 0 Å². The third-order valence-electron chi connectivity index (χ3n) is 3.11. The first-order valence-corrected chi connectivity index (χ1v) is 6.09. The van der Waals surface area contributed by atoms with Gasteiger partial charge in [-0.3, -0.25) is 0 Å². The van der Waals surface area contributed by atoms with Crippen LogP contribution in [-0.2, 0) is 6.42 Å². The van der Waals surface area contributed by atoms with Gasteiger partial charge in [0.2, 0.25) is 0 Å². The van der Waals surface area contributed by atoms with E-state index in [2.05, 4.69) is 43.3 Å². The Morgan fingerprint density at radius 2 is 1.82 bits per heavy atom. The number of fused-ring (bicyclic) bond motifs is 1. The van der Waals surface area contributed by atoms with Crippen LogP contribution in [0.5, 0.6) is 0 Å². The maximum atomic E-state index is 6.22. The largest absolute Gasteiger partial charge is 0.398 e. The molecule has 2 N–H and O–H groups in total. The van der Waals surface area contributed by atoms with E-state index in [-0.39, 0.29) is 0 Å². The van der Waals surface area contributed by atoms with Crippen LogP contribution in [0.2, 0.25) is 0 Å². The fourth-order valence-electron chi connectivity index (χ4n) is 2.14. The van der Waals surface area contributed by atoms with Gasteiger partial charge in [-0.25, -0.2) is 0 Å². The number of benzene rings is 2. The van der Waals surface area contributed by atoms with E-state index >= 15 is 0 Å². The second kappa shape index (κ2) is 5.19. The number of nitrogens with zero attached hydrogens (tertiary/aromatic N) is 1. The number of nitrogens with two attached hydrogens (primary N) is 1.